The average molecular weight is 1080 g/mol. The smallest absolute Gasteiger partial charge is 0.187 e. The summed E-state index contributed by atoms with van der Waals surface area (Å²) >= 11 is 0. The standard InChI is InChI=1S/C52H86O23/c1-21-39(72-44-36(64)31(59)25(56)19-69-44)35(63)38(66)45(70-21)73-40-32(60)26(57)18-68-41(40)43(75-67)52-13-12-47(2,3)14-23(52)22-8-9-29-48(4)15-24(55)42(74-46-37(65)34(62)33(61)27(17-53)71-46)49(5,20-54)28(48)10-11-50(29,6)51(22,7)16-30(52)58/h8,21,23-46,53-67H,9-20H2,1-7H3/t21-,23+,24+,25-,26+,27-,28+,29-,30-,31+,32+,33-,34+,35-,36-,37-,38+,39-,40-,41-,42+,43-,44+,45-,46+,48+,49+,50-,51-,52-/m1/s1. The van der Waals surface area contributed by atoms with Crippen LogP contribution in [0.1, 0.15) is 99.8 Å². The molecular weight excluding hydrogens is 993 g/mol. The number of aliphatic hydroxyl groups is 14. The molecule has 0 aromatic rings. The molecule has 75 heavy (non-hydrogen) atoms. The van der Waals surface area contributed by atoms with E-state index in [0.29, 0.717) is 38.5 Å². The average Bonchev–Trinajstić information content (AvgIpc) is 3.35. The van der Waals surface area contributed by atoms with Crippen LogP contribution >= 0.6 is 0 Å². The van der Waals surface area contributed by atoms with Crippen molar-refractivity contribution in [1.82, 2.24) is 0 Å². The van der Waals surface area contributed by atoms with Crippen molar-refractivity contribution in [3.05, 3.63) is 11.6 Å². The summed E-state index contributed by atoms with van der Waals surface area (Å²) < 4.78 is 41.8. The zero-order valence-electron chi connectivity index (χ0n) is 44.0. The quantitative estimate of drug-likeness (QED) is 0.0442. The van der Waals surface area contributed by atoms with Gasteiger partial charge in [0.05, 0.1) is 50.8 Å². The van der Waals surface area contributed by atoms with E-state index in [1.54, 1.807) is 0 Å². The minimum Gasteiger partial charge on any atom is -0.396 e. The van der Waals surface area contributed by atoms with Gasteiger partial charge in [0, 0.05) is 10.8 Å². The van der Waals surface area contributed by atoms with E-state index >= 15 is 0 Å². The van der Waals surface area contributed by atoms with Gasteiger partial charge < -0.3 is 105 Å². The number of fused-ring (bicyclic) bond motifs is 7. The first kappa shape index (κ1) is 58.5. The number of hydrogen-bond acceptors (Lipinski definition) is 23. The molecule has 9 rings (SSSR count). The topological polar surface area (TPSA) is 377 Å². The molecular formula is C52H86O23. The van der Waals surface area contributed by atoms with E-state index in [1.165, 1.54) is 6.92 Å². The van der Waals surface area contributed by atoms with Crippen molar-refractivity contribution in [2.45, 2.75) is 235 Å². The van der Waals surface area contributed by atoms with Crippen molar-refractivity contribution in [2.24, 2.45) is 50.2 Å². The number of allylic oxidation sites excluding steroid dienone is 2. The van der Waals surface area contributed by atoms with E-state index in [0.717, 1.165) is 5.57 Å². The minimum absolute atomic E-state index is 0.118. The third-order valence-corrected chi connectivity index (χ3v) is 21.2. The zero-order valence-corrected chi connectivity index (χ0v) is 44.0. The van der Waals surface area contributed by atoms with Crippen LogP contribution in [0, 0.1) is 50.2 Å². The van der Waals surface area contributed by atoms with Gasteiger partial charge in [-0.3, -0.25) is 5.26 Å². The molecule has 30 atom stereocenters. The molecule has 432 valence electrons. The molecule has 8 fully saturated rings. The molecule has 15 N–H and O–H groups in total. The summed E-state index contributed by atoms with van der Waals surface area (Å²) in [5.74, 6) is -0.835. The maximum Gasteiger partial charge on any atom is 0.187 e. The molecule has 0 amide bonds. The molecule has 23 heteroatoms. The van der Waals surface area contributed by atoms with Crippen LogP contribution in [-0.2, 0) is 38.0 Å². The van der Waals surface area contributed by atoms with E-state index in [-0.39, 0.29) is 36.7 Å². The summed E-state index contributed by atoms with van der Waals surface area (Å²) in [7, 11) is 0. The van der Waals surface area contributed by atoms with Crippen molar-refractivity contribution < 1.29 is 115 Å². The van der Waals surface area contributed by atoms with Gasteiger partial charge in [0.25, 0.3) is 0 Å². The lowest BCUT2D eigenvalue weighted by Gasteiger charge is -2.73. The van der Waals surface area contributed by atoms with E-state index in [2.05, 4.69) is 40.7 Å². The maximum absolute atomic E-state index is 13.2. The Morgan fingerprint density at radius 3 is 1.92 bits per heavy atom. The molecule has 0 aromatic heterocycles. The Bertz CT molecular complexity index is 2030. The van der Waals surface area contributed by atoms with Crippen LogP contribution < -0.4 is 0 Å². The lowest BCUT2D eigenvalue weighted by atomic mass is 9.32. The highest BCUT2D eigenvalue weighted by molar-refractivity contribution is 5.36. The predicted molar refractivity (Wildman–Crippen MR) is 255 cm³/mol. The Balaban J connectivity index is 1.01. The van der Waals surface area contributed by atoms with Gasteiger partial charge in [-0.15, -0.1) is 0 Å². The summed E-state index contributed by atoms with van der Waals surface area (Å²) in [4.78, 5) is 5.54. The van der Waals surface area contributed by atoms with Crippen LogP contribution in [0.2, 0.25) is 0 Å². The molecule has 0 unspecified atom stereocenters. The van der Waals surface area contributed by atoms with E-state index in [9.17, 15) is 76.7 Å². The van der Waals surface area contributed by atoms with Crippen molar-refractivity contribution in [3.63, 3.8) is 0 Å². The second kappa shape index (κ2) is 21.0. The van der Waals surface area contributed by atoms with Crippen LogP contribution in [0.5, 0.6) is 0 Å². The highest BCUT2D eigenvalue weighted by Crippen LogP contribution is 2.76. The third kappa shape index (κ3) is 9.15. The van der Waals surface area contributed by atoms with Gasteiger partial charge in [-0.2, -0.15) is 0 Å². The molecule has 0 radical (unpaired) electrons. The maximum atomic E-state index is 13.2. The Morgan fingerprint density at radius 2 is 1.25 bits per heavy atom. The van der Waals surface area contributed by atoms with Gasteiger partial charge >= 0.3 is 0 Å². The molecule has 4 saturated carbocycles. The number of rotatable bonds is 11. The minimum atomic E-state index is -1.88. The zero-order chi connectivity index (χ0) is 54.9. The summed E-state index contributed by atoms with van der Waals surface area (Å²) in [5.41, 5.74) is -3.48. The summed E-state index contributed by atoms with van der Waals surface area (Å²) in [5, 5.41) is 166. The second-order valence-corrected chi connectivity index (χ2v) is 25.8. The monoisotopic (exact) mass is 1080 g/mol. The van der Waals surface area contributed by atoms with Crippen molar-refractivity contribution >= 4 is 0 Å². The first-order chi connectivity index (χ1) is 35.1. The summed E-state index contributed by atoms with van der Waals surface area (Å²) in [6, 6.07) is 0. The summed E-state index contributed by atoms with van der Waals surface area (Å²) in [6.07, 6.45) is -27.1. The Kier molecular flexibility index (Phi) is 16.4. The molecule has 4 saturated heterocycles. The first-order valence-corrected chi connectivity index (χ1v) is 27.0. The summed E-state index contributed by atoms with van der Waals surface area (Å²) in [6.45, 7) is 12.3. The van der Waals surface area contributed by atoms with Crippen molar-refractivity contribution in [3.8, 4) is 0 Å². The van der Waals surface area contributed by atoms with Crippen LogP contribution in [0.4, 0.5) is 0 Å². The molecule has 23 nitrogen and oxygen atoms in total. The number of aliphatic hydroxyl groups excluding tert-OH is 14. The SMILES string of the molecule is C[C@H]1O[C@H](O[C@@H]2[C@@H](O)[C@@H](O)CO[C@H]2[C@@H](OO)[C@]23CCC(C)(C)C[C@H]2C2=CC[C@@H]4[C@@]5(C)C[C@H](O)[C@H](O[C@@H]6O[C@H](CO)[C@@H](O)[C@H](O)[C@H]6O)[C@@](C)(CO)[C@H]5CC[C@@]4(C)[C@]2(C)C[C@H]3O)[C@@H](O)[C@@H](O)[C@@H]1O[C@@H]1OC[C@@H](O)[C@H](O)[C@H]1O. The lowest BCUT2D eigenvalue weighted by molar-refractivity contribution is -0.389. The fourth-order valence-corrected chi connectivity index (χ4v) is 16.8. The molecule has 9 aliphatic rings. The fraction of sp³-hybridized carbons (Fsp3) is 0.962. The Labute approximate surface area is 436 Å². The lowest BCUT2D eigenvalue weighted by Crippen LogP contribution is -2.72. The molecule has 0 spiro atoms. The van der Waals surface area contributed by atoms with E-state index in [4.69, 9.17) is 38.0 Å². The van der Waals surface area contributed by atoms with Gasteiger partial charge in [0.1, 0.15) is 91.6 Å². The first-order valence-electron chi connectivity index (χ1n) is 27.0. The fourth-order valence-electron chi connectivity index (χ4n) is 16.8. The normalized spacial score (nSPS) is 56.4. The van der Waals surface area contributed by atoms with E-state index in [1.807, 2.05) is 6.92 Å². The largest absolute Gasteiger partial charge is 0.396 e. The molecule has 0 aromatic carbocycles. The van der Waals surface area contributed by atoms with Gasteiger partial charge in [0.15, 0.2) is 18.9 Å². The van der Waals surface area contributed by atoms with E-state index < -0.39 is 188 Å². The van der Waals surface area contributed by atoms with Crippen LogP contribution in [0.3, 0.4) is 0 Å². The van der Waals surface area contributed by atoms with Crippen LogP contribution in [-0.4, -0.2) is 238 Å². The van der Waals surface area contributed by atoms with Crippen LogP contribution in [0.15, 0.2) is 11.6 Å². The number of hydrogen-bond donors (Lipinski definition) is 15. The number of ether oxygens (including phenoxy) is 7. The highest BCUT2D eigenvalue weighted by Gasteiger charge is 2.74. The Hall–Kier alpha value is -1.18. The second-order valence-electron chi connectivity index (χ2n) is 25.8. The molecule has 5 aliphatic carbocycles. The Morgan fingerprint density at radius 1 is 0.627 bits per heavy atom. The van der Waals surface area contributed by atoms with Crippen molar-refractivity contribution in [1.29, 1.82) is 0 Å². The molecule has 4 heterocycles. The van der Waals surface area contributed by atoms with Gasteiger partial charge in [-0.25, -0.2) is 4.89 Å². The molecule has 0 bridgehead atoms. The van der Waals surface area contributed by atoms with Gasteiger partial charge in [-0.05, 0) is 97.7 Å². The van der Waals surface area contributed by atoms with Gasteiger partial charge in [-0.1, -0.05) is 53.2 Å². The van der Waals surface area contributed by atoms with Crippen LogP contribution in [0.25, 0.3) is 0 Å². The molecule has 4 aliphatic heterocycles. The van der Waals surface area contributed by atoms with Gasteiger partial charge in [0.2, 0.25) is 0 Å². The highest BCUT2D eigenvalue weighted by atomic mass is 17.1. The third-order valence-electron chi connectivity index (χ3n) is 21.2. The van der Waals surface area contributed by atoms with Crippen molar-refractivity contribution in [2.75, 3.05) is 26.4 Å². The predicted octanol–water partition coefficient (Wildman–Crippen LogP) is -2.46.